The topological polar surface area (TPSA) is 50.8 Å². The average Bonchev–Trinajstić information content (AvgIpc) is 2.39. The van der Waals surface area contributed by atoms with Crippen molar-refractivity contribution in [1.29, 1.82) is 10.5 Å². The number of allylic oxidation sites excluding steroid dienone is 6. The molecule has 4 heteroatoms. The van der Waals surface area contributed by atoms with Gasteiger partial charge in [-0.1, -0.05) is 6.07 Å². The summed E-state index contributed by atoms with van der Waals surface area (Å²) in [6, 6.07) is 10.0. The molecule has 0 radical (unpaired) electrons. The van der Waals surface area contributed by atoms with Crippen LogP contribution < -0.4 is 4.90 Å². The van der Waals surface area contributed by atoms with Gasteiger partial charge in [0.15, 0.2) is 0 Å². The summed E-state index contributed by atoms with van der Waals surface area (Å²) >= 11 is 0. The Kier molecular flexibility index (Phi) is 3.68. The maximum atomic E-state index is 13.3. The zero-order valence-corrected chi connectivity index (χ0v) is 11.2. The van der Waals surface area contributed by atoms with E-state index in [0.717, 1.165) is 11.4 Å². The van der Waals surface area contributed by atoms with Gasteiger partial charge in [0.25, 0.3) is 0 Å². The second-order valence-corrected chi connectivity index (χ2v) is 4.44. The van der Waals surface area contributed by atoms with Crippen molar-refractivity contribution in [3.05, 3.63) is 64.8 Å². The fourth-order valence-electron chi connectivity index (χ4n) is 2.22. The van der Waals surface area contributed by atoms with Crippen molar-refractivity contribution in [2.24, 2.45) is 0 Å². The van der Waals surface area contributed by atoms with Crippen LogP contribution in [0.15, 0.2) is 59.0 Å². The molecule has 20 heavy (non-hydrogen) atoms. The van der Waals surface area contributed by atoms with Crippen LogP contribution in [-0.4, -0.2) is 0 Å². The van der Waals surface area contributed by atoms with E-state index in [1.807, 2.05) is 37.0 Å². The van der Waals surface area contributed by atoms with Crippen molar-refractivity contribution >= 4 is 5.69 Å². The molecule has 1 aromatic rings. The molecule has 0 amide bonds. The van der Waals surface area contributed by atoms with Crippen LogP contribution in [0.3, 0.4) is 0 Å². The maximum Gasteiger partial charge on any atom is 0.137 e. The Morgan fingerprint density at radius 3 is 2.20 bits per heavy atom. The monoisotopic (exact) mass is 265 g/mol. The number of hydrogen-bond donors (Lipinski definition) is 0. The number of nitrogens with zero attached hydrogens (tertiary/aromatic N) is 3. The second kappa shape index (κ2) is 5.42. The van der Waals surface area contributed by atoms with Gasteiger partial charge in [0, 0.05) is 22.7 Å². The molecule has 0 spiro atoms. The van der Waals surface area contributed by atoms with Crippen molar-refractivity contribution < 1.29 is 4.39 Å². The third-order valence-corrected chi connectivity index (χ3v) is 3.01. The van der Waals surface area contributed by atoms with Crippen molar-refractivity contribution in [1.82, 2.24) is 0 Å². The molecule has 0 unspecified atom stereocenters. The molecule has 98 valence electrons. The first-order valence-corrected chi connectivity index (χ1v) is 6.03. The predicted octanol–water partition coefficient (Wildman–Crippen LogP) is 3.80. The Hall–Kier alpha value is -2.85. The molecule has 0 saturated carbocycles. The minimum Gasteiger partial charge on any atom is -0.318 e. The van der Waals surface area contributed by atoms with Crippen LogP contribution in [0, 0.1) is 28.5 Å². The molecule has 1 heterocycles. The van der Waals surface area contributed by atoms with Crippen molar-refractivity contribution in [3.63, 3.8) is 0 Å². The SMILES string of the molecule is CC1=CC(=C(C#N)C#N)C=C(C)N1c1cccc(F)c1. The minimum absolute atomic E-state index is 0.0718. The molecule has 2 rings (SSSR count). The number of anilines is 1. The average molecular weight is 265 g/mol. The fourth-order valence-corrected chi connectivity index (χ4v) is 2.22. The predicted molar refractivity (Wildman–Crippen MR) is 74.6 cm³/mol. The Morgan fingerprint density at radius 2 is 1.70 bits per heavy atom. The van der Waals surface area contributed by atoms with Crippen molar-refractivity contribution in [2.75, 3.05) is 4.90 Å². The lowest BCUT2D eigenvalue weighted by molar-refractivity contribution is 0.627. The number of benzene rings is 1. The molecule has 0 aliphatic carbocycles. The fraction of sp³-hybridized carbons (Fsp3) is 0.125. The van der Waals surface area contributed by atoms with Crippen LogP contribution in [0.1, 0.15) is 13.8 Å². The van der Waals surface area contributed by atoms with Gasteiger partial charge in [-0.15, -0.1) is 0 Å². The van der Waals surface area contributed by atoms with Gasteiger partial charge in [0.05, 0.1) is 0 Å². The maximum absolute atomic E-state index is 13.3. The number of hydrogen-bond acceptors (Lipinski definition) is 3. The Bertz CT molecular complexity index is 689. The summed E-state index contributed by atoms with van der Waals surface area (Å²) in [6.45, 7) is 3.71. The van der Waals surface area contributed by atoms with E-state index in [9.17, 15) is 4.39 Å². The van der Waals surface area contributed by atoms with Crippen LogP contribution in [0.4, 0.5) is 10.1 Å². The van der Waals surface area contributed by atoms with Gasteiger partial charge in [-0.25, -0.2) is 4.39 Å². The molecule has 0 bridgehead atoms. The molecule has 3 nitrogen and oxygen atoms in total. The summed E-state index contributed by atoms with van der Waals surface area (Å²) in [6.07, 6.45) is 3.50. The lowest BCUT2D eigenvalue weighted by atomic mass is 10.0. The van der Waals surface area contributed by atoms with Crippen molar-refractivity contribution in [2.45, 2.75) is 13.8 Å². The third kappa shape index (κ3) is 2.46. The molecule has 1 aliphatic heterocycles. The van der Waals surface area contributed by atoms with Gasteiger partial charge in [-0.3, -0.25) is 0 Å². The van der Waals surface area contributed by atoms with Crippen LogP contribution in [0.5, 0.6) is 0 Å². The summed E-state index contributed by atoms with van der Waals surface area (Å²) in [5.41, 5.74) is 3.02. The molecular formula is C16H12FN3. The summed E-state index contributed by atoms with van der Waals surface area (Å²) in [7, 11) is 0. The molecule has 0 fully saturated rings. The number of nitriles is 2. The van der Waals surface area contributed by atoms with E-state index < -0.39 is 0 Å². The molecule has 0 N–H and O–H groups in total. The standard InChI is InChI=1S/C16H12FN3/c1-11-6-13(14(9-18)10-19)7-12(2)20(11)16-5-3-4-15(17)8-16/h3-8H,1-2H3. The molecule has 0 atom stereocenters. The van der Waals surface area contributed by atoms with Crippen LogP contribution >= 0.6 is 0 Å². The highest BCUT2D eigenvalue weighted by atomic mass is 19.1. The van der Waals surface area contributed by atoms with Crippen LogP contribution in [0.25, 0.3) is 0 Å². The van der Waals surface area contributed by atoms with E-state index in [1.54, 1.807) is 18.2 Å². The summed E-state index contributed by atoms with van der Waals surface area (Å²) in [5.74, 6) is -0.306. The Balaban J connectivity index is 2.51. The number of rotatable bonds is 1. The lowest BCUT2D eigenvalue weighted by Gasteiger charge is -2.29. The van der Waals surface area contributed by atoms with E-state index in [1.165, 1.54) is 12.1 Å². The molecule has 1 aromatic carbocycles. The molecule has 0 saturated heterocycles. The third-order valence-electron chi connectivity index (χ3n) is 3.01. The smallest absolute Gasteiger partial charge is 0.137 e. The van der Waals surface area contributed by atoms with E-state index in [2.05, 4.69) is 0 Å². The van der Waals surface area contributed by atoms with Crippen LogP contribution in [0.2, 0.25) is 0 Å². The van der Waals surface area contributed by atoms with Gasteiger partial charge >= 0.3 is 0 Å². The molecule has 1 aliphatic rings. The van der Waals surface area contributed by atoms with Crippen LogP contribution in [-0.2, 0) is 0 Å². The highest BCUT2D eigenvalue weighted by Crippen LogP contribution is 2.30. The zero-order chi connectivity index (χ0) is 14.7. The van der Waals surface area contributed by atoms with Crippen molar-refractivity contribution in [3.8, 4) is 12.1 Å². The first-order chi connectivity index (χ1) is 9.56. The largest absolute Gasteiger partial charge is 0.318 e. The van der Waals surface area contributed by atoms with E-state index in [4.69, 9.17) is 10.5 Å². The molecule has 0 aromatic heterocycles. The van der Waals surface area contributed by atoms with Gasteiger partial charge in [0.2, 0.25) is 0 Å². The lowest BCUT2D eigenvalue weighted by Crippen LogP contribution is -2.21. The van der Waals surface area contributed by atoms with Gasteiger partial charge in [-0.2, -0.15) is 10.5 Å². The van der Waals surface area contributed by atoms with Gasteiger partial charge in [0.1, 0.15) is 23.5 Å². The summed E-state index contributed by atoms with van der Waals surface area (Å²) < 4.78 is 13.3. The summed E-state index contributed by atoms with van der Waals surface area (Å²) in [5, 5.41) is 17.8. The highest BCUT2D eigenvalue weighted by Gasteiger charge is 2.17. The summed E-state index contributed by atoms with van der Waals surface area (Å²) in [4.78, 5) is 1.87. The van der Waals surface area contributed by atoms with E-state index in [0.29, 0.717) is 11.3 Å². The Labute approximate surface area is 117 Å². The molecular weight excluding hydrogens is 253 g/mol. The van der Waals surface area contributed by atoms with Gasteiger partial charge < -0.3 is 4.90 Å². The van der Waals surface area contributed by atoms with E-state index in [-0.39, 0.29) is 11.4 Å². The second-order valence-electron chi connectivity index (χ2n) is 4.44. The number of halogens is 1. The van der Waals surface area contributed by atoms with Gasteiger partial charge in [-0.05, 0) is 44.2 Å². The quantitative estimate of drug-likeness (QED) is 0.726. The van der Waals surface area contributed by atoms with E-state index >= 15 is 0 Å². The zero-order valence-electron chi connectivity index (χ0n) is 11.2. The minimum atomic E-state index is -0.306. The first-order valence-electron chi connectivity index (χ1n) is 6.03. The highest BCUT2D eigenvalue weighted by molar-refractivity contribution is 5.64. The Morgan fingerprint density at radius 1 is 1.10 bits per heavy atom. The first kappa shape index (κ1) is 13.6. The normalized spacial score (nSPS) is 14.1.